The molecule has 1 amide bonds. The van der Waals surface area contributed by atoms with E-state index in [1.54, 1.807) is 18.2 Å². The van der Waals surface area contributed by atoms with Crippen molar-refractivity contribution in [2.75, 3.05) is 6.61 Å². The third kappa shape index (κ3) is 4.79. The molecule has 102 valence electrons. The average molecular weight is 265 g/mol. The number of nitrogens with one attached hydrogen (secondary N) is 1. The third-order valence-electron chi connectivity index (χ3n) is 2.36. The highest BCUT2D eigenvalue weighted by Gasteiger charge is 2.14. The number of carbonyl (C=O) groups excluding carboxylic acids is 2. The number of ether oxygens (including phenoxy) is 1. The van der Waals surface area contributed by atoms with Gasteiger partial charge in [-0.2, -0.15) is 0 Å². The number of carboxylic acids is 1. The number of carboxylic acid groups (broad SMARTS) is 1. The van der Waals surface area contributed by atoms with E-state index in [0.29, 0.717) is 11.3 Å². The lowest BCUT2D eigenvalue weighted by Crippen LogP contribution is -2.40. The van der Waals surface area contributed by atoms with Crippen LogP contribution in [-0.2, 0) is 9.59 Å². The Morgan fingerprint density at radius 3 is 2.63 bits per heavy atom. The van der Waals surface area contributed by atoms with E-state index in [0.717, 1.165) is 0 Å². The largest absolute Gasteiger partial charge is 0.484 e. The summed E-state index contributed by atoms with van der Waals surface area (Å²) in [5.41, 5.74) is 0.483. The Morgan fingerprint density at radius 1 is 1.37 bits per heavy atom. The maximum atomic E-state index is 11.4. The van der Waals surface area contributed by atoms with Crippen molar-refractivity contribution in [1.29, 1.82) is 0 Å². The fourth-order valence-corrected chi connectivity index (χ4v) is 1.30. The van der Waals surface area contributed by atoms with Crippen LogP contribution in [0.5, 0.6) is 5.75 Å². The molecule has 1 rings (SSSR count). The van der Waals surface area contributed by atoms with Crippen LogP contribution in [0.15, 0.2) is 24.3 Å². The maximum Gasteiger partial charge on any atom is 0.325 e. The minimum atomic E-state index is -1.12. The van der Waals surface area contributed by atoms with Crippen molar-refractivity contribution in [3.63, 3.8) is 0 Å². The number of Topliss-reactive ketones (excluding diaryl/α,β-unsaturated/α-hetero) is 1. The molecule has 0 aliphatic carbocycles. The van der Waals surface area contributed by atoms with Crippen molar-refractivity contribution < 1.29 is 24.2 Å². The summed E-state index contributed by atoms with van der Waals surface area (Å²) in [6.07, 6.45) is 0. The number of aliphatic carboxylic acids is 1. The van der Waals surface area contributed by atoms with E-state index < -0.39 is 17.9 Å². The lowest BCUT2D eigenvalue weighted by atomic mass is 10.1. The monoisotopic (exact) mass is 265 g/mol. The van der Waals surface area contributed by atoms with Gasteiger partial charge in [-0.05, 0) is 26.0 Å². The number of carbonyl (C=O) groups is 3. The van der Waals surface area contributed by atoms with Crippen molar-refractivity contribution in [2.45, 2.75) is 19.9 Å². The Balaban J connectivity index is 2.53. The Morgan fingerprint density at radius 2 is 2.05 bits per heavy atom. The van der Waals surface area contributed by atoms with Crippen LogP contribution in [0.4, 0.5) is 0 Å². The van der Waals surface area contributed by atoms with E-state index in [1.807, 2.05) is 0 Å². The number of rotatable bonds is 6. The lowest BCUT2D eigenvalue weighted by Gasteiger charge is -2.10. The predicted octanol–water partition coefficient (Wildman–Crippen LogP) is 0.857. The molecule has 0 aliphatic rings. The van der Waals surface area contributed by atoms with Crippen LogP contribution in [-0.4, -0.2) is 35.4 Å². The number of amides is 1. The molecule has 6 nitrogen and oxygen atoms in total. The summed E-state index contributed by atoms with van der Waals surface area (Å²) in [6.45, 7) is 2.48. The van der Waals surface area contributed by atoms with Gasteiger partial charge in [-0.1, -0.05) is 12.1 Å². The fraction of sp³-hybridized carbons (Fsp3) is 0.308. The van der Waals surface area contributed by atoms with Gasteiger partial charge in [-0.15, -0.1) is 0 Å². The summed E-state index contributed by atoms with van der Waals surface area (Å²) in [5.74, 6) is -1.38. The first-order valence-electron chi connectivity index (χ1n) is 5.66. The zero-order valence-electron chi connectivity index (χ0n) is 10.7. The van der Waals surface area contributed by atoms with Crippen LogP contribution < -0.4 is 10.1 Å². The van der Waals surface area contributed by atoms with Gasteiger partial charge >= 0.3 is 5.97 Å². The van der Waals surface area contributed by atoms with Gasteiger partial charge in [0.05, 0.1) is 0 Å². The molecule has 0 radical (unpaired) electrons. The Labute approximate surface area is 110 Å². The highest BCUT2D eigenvalue weighted by atomic mass is 16.5. The molecular weight excluding hydrogens is 250 g/mol. The molecular formula is C13H15NO5. The molecule has 6 heteroatoms. The number of hydrogen-bond donors (Lipinski definition) is 2. The van der Waals surface area contributed by atoms with Crippen LogP contribution >= 0.6 is 0 Å². The van der Waals surface area contributed by atoms with Crippen molar-refractivity contribution in [1.82, 2.24) is 5.32 Å². The molecule has 0 heterocycles. The van der Waals surface area contributed by atoms with Crippen LogP contribution in [0.3, 0.4) is 0 Å². The highest BCUT2D eigenvalue weighted by molar-refractivity contribution is 5.94. The number of benzene rings is 1. The molecule has 0 spiro atoms. The lowest BCUT2D eigenvalue weighted by molar-refractivity contribution is -0.141. The van der Waals surface area contributed by atoms with E-state index in [9.17, 15) is 14.4 Å². The van der Waals surface area contributed by atoms with Gasteiger partial charge in [-0.3, -0.25) is 14.4 Å². The maximum absolute atomic E-state index is 11.4. The van der Waals surface area contributed by atoms with Gasteiger partial charge in [0, 0.05) is 5.56 Å². The van der Waals surface area contributed by atoms with E-state index in [4.69, 9.17) is 9.84 Å². The Kier molecular flexibility index (Phi) is 5.05. The summed E-state index contributed by atoms with van der Waals surface area (Å²) in [6, 6.07) is 5.45. The molecule has 0 bridgehead atoms. The smallest absolute Gasteiger partial charge is 0.325 e. The minimum Gasteiger partial charge on any atom is -0.484 e. The molecule has 0 fully saturated rings. The van der Waals surface area contributed by atoms with Crippen molar-refractivity contribution in [3.8, 4) is 5.75 Å². The topological polar surface area (TPSA) is 92.7 Å². The van der Waals surface area contributed by atoms with Gasteiger partial charge in [0.2, 0.25) is 0 Å². The Bertz CT molecular complexity index is 498. The zero-order valence-corrected chi connectivity index (χ0v) is 10.7. The van der Waals surface area contributed by atoms with Gasteiger partial charge < -0.3 is 15.2 Å². The van der Waals surface area contributed by atoms with Crippen molar-refractivity contribution >= 4 is 17.7 Å². The first-order valence-corrected chi connectivity index (χ1v) is 5.66. The van der Waals surface area contributed by atoms with Crippen molar-refractivity contribution in [3.05, 3.63) is 29.8 Å². The molecule has 2 N–H and O–H groups in total. The van der Waals surface area contributed by atoms with E-state index >= 15 is 0 Å². The summed E-state index contributed by atoms with van der Waals surface area (Å²) in [5, 5.41) is 10.9. The first kappa shape index (κ1) is 14.7. The quantitative estimate of drug-likeness (QED) is 0.744. The molecule has 0 saturated carbocycles. The normalized spacial score (nSPS) is 11.5. The molecule has 0 aromatic heterocycles. The molecule has 0 aliphatic heterocycles. The van der Waals surface area contributed by atoms with Crippen molar-refractivity contribution in [2.24, 2.45) is 0 Å². The van der Waals surface area contributed by atoms with Gasteiger partial charge in [0.25, 0.3) is 5.91 Å². The minimum absolute atomic E-state index is 0.102. The second-order valence-corrected chi connectivity index (χ2v) is 4.00. The van der Waals surface area contributed by atoms with E-state index in [-0.39, 0.29) is 12.4 Å². The molecule has 0 saturated heterocycles. The summed E-state index contributed by atoms with van der Waals surface area (Å²) >= 11 is 0. The van der Waals surface area contributed by atoms with Gasteiger partial charge in [0.15, 0.2) is 12.4 Å². The van der Waals surface area contributed by atoms with E-state index in [1.165, 1.54) is 19.9 Å². The van der Waals surface area contributed by atoms with Crippen LogP contribution in [0, 0.1) is 0 Å². The third-order valence-corrected chi connectivity index (χ3v) is 2.36. The second kappa shape index (κ2) is 6.53. The van der Waals surface area contributed by atoms with Crippen LogP contribution in [0.1, 0.15) is 24.2 Å². The number of hydrogen-bond acceptors (Lipinski definition) is 4. The van der Waals surface area contributed by atoms with Crippen LogP contribution in [0.2, 0.25) is 0 Å². The molecule has 0 unspecified atom stereocenters. The van der Waals surface area contributed by atoms with Gasteiger partial charge in [-0.25, -0.2) is 0 Å². The molecule has 1 aromatic carbocycles. The molecule has 1 atom stereocenters. The summed E-state index contributed by atoms with van der Waals surface area (Å²) in [4.78, 5) is 33.1. The number of ketones is 1. The molecule has 1 aromatic rings. The summed E-state index contributed by atoms with van der Waals surface area (Å²) in [7, 11) is 0. The SMILES string of the molecule is CC(=O)c1cccc(OCC(=O)N[C@@H](C)C(=O)O)c1. The second-order valence-electron chi connectivity index (χ2n) is 4.00. The first-order chi connectivity index (χ1) is 8.90. The summed E-state index contributed by atoms with van der Waals surface area (Å²) < 4.78 is 5.18. The standard InChI is InChI=1S/C13H15NO5/c1-8(13(17)18)14-12(16)7-19-11-5-3-4-10(6-11)9(2)15/h3-6,8H,7H2,1-2H3,(H,14,16)(H,17,18)/t8-/m0/s1. The Hall–Kier alpha value is -2.37. The fourth-order valence-electron chi connectivity index (χ4n) is 1.30. The predicted molar refractivity (Wildman–Crippen MR) is 67.2 cm³/mol. The van der Waals surface area contributed by atoms with E-state index in [2.05, 4.69) is 5.32 Å². The van der Waals surface area contributed by atoms with Gasteiger partial charge in [0.1, 0.15) is 11.8 Å². The molecule has 19 heavy (non-hydrogen) atoms. The van der Waals surface area contributed by atoms with Crippen LogP contribution in [0.25, 0.3) is 0 Å². The average Bonchev–Trinajstić information content (AvgIpc) is 2.36. The zero-order chi connectivity index (χ0) is 14.4. The highest BCUT2D eigenvalue weighted by Crippen LogP contribution is 2.13.